The highest BCUT2D eigenvalue weighted by atomic mass is 19.1. The molecule has 1 aromatic rings. The first-order chi connectivity index (χ1) is 11.1. The van der Waals surface area contributed by atoms with Gasteiger partial charge in [0, 0.05) is 30.7 Å². The quantitative estimate of drug-likeness (QED) is 0.843. The van der Waals surface area contributed by atoms with Crippen molar-refractivity contribution in [2.75, 3.05) is 39.9 Å². The predicted molar refractivity (Wildman–Crippen MR) is 89.0 cm³/mol. The largest absolute Gasteiger partial charge is 0.303 e. The summed E-state index contributed by atoms with van der Waals surface area (Å²) in [6.07, 6.45) is 3.80. The van der Waals surface area contributed by atoms with Crippen molar-refractivity contribution < 1.29 is 9.18 Å². The van der Waals surface area contributed by atoms with Crippen molar-refractivity contribution in [2.45, 2.75) is 31.2 Å². The Balaban J connectivity index is 1.40. The van der Waals surface area contributed by atoms with Gasteiger partial charge in [0.25, 0.3) is 0 Å². The summed E-state index contributed by atoms with van der Waals surface area (Å²) in [5.74, 6) is -0.187. The van der Waals surface area contributed by atoms with Gasteiger partial charge in [-0.3, -0.25) is 9.69 Å². The molecule has 0 bridgehead atoms. The summed E-state index contributed by atoms with van der Waals surface area (Å²) in [5, 5.41) is 3.46. The first kappa shape index (κ1) is 16.6. The number of piperidine rings is 1. The van der Waals surface area contributed by atoms with Crippen molar-refractivity contribution in [1.82, 2.24) is 15.1 Å². The standard InChI is InChI=1S/C18H26FN3O/c1-21-14-20-13-18(21)8-11-22(12-9-18)10-2-3-17(23)15-4-6-16(19)7-5-15/h4-7,20H,2-3,8-14H2,1H3. The number of ketones is 1. The van der Waals surface area contributed by atoms with Crippen molar-refractivity contribution >= 4 is 5.78 Å². The molecule has 1 N–H and O–H groups in total. The maximum atomic E-state index is 12.9. The predicted octanol–water partition coefficient (Wildman–Crippen LogP) is 2.12. The number of nitrogens with zero attached hydrogens (tertiary/aromatic N) is 2. The van der Waals surface area contributed by atoms with E-state index in [9.17, 15) is 9.18 Å². The van der Waals surface area contributed by atoms with Gasteiger partial charge in [-0.2, -0.15) is 0 Å². The van der Waals surface area contributed by atoms with E-state index in [1.165, 1.54) is 25.0 Å². The molecule has 0 radical (unpaired) electrons. The van der Waals surface area contributed by atoms with Gasteiger partial charge in [0.2, 0.25) is 0 Å². The number of Topliss-reactive ketones (excluding diaryl/α,β-unsaturated/α-hetero) is 1. The molecule has 2 fully saturated rings. The number of likely N-dealkylation sites (N-methyl/N-ethyl adjacent to an activating group) is 1. The normalized spacial score (nSPS) is 21.8. The molecule has 3 rings (SSSR count). The fourth-order valence-electron chi connectivity index (χ4n) is 3.75. The van der Waals surface area contributed by atoms with Crippen LogP contribution in [0.15, 0.2) is 24.3 Å². The Labute approximate surface area is 137 Å². The lowest BCUT2D eigenvalue weighted by Gasteiger charge is -2.43. The molecule has 2 aliphatic heterocycles. The third kappa shape index (κ3) is 3.79. The van der Waals surface area contributed by atoms with Crippen LogP contribution in [0.1, 0.15) is 36.0 Å². The SMILES string of the molecule is CN1CNCC12CCN(CCCC(=O)c1ccc(F)cc1)CC2. The van der Waals surface area contributed by atoms with Crippen LogP contribution in [0.5, 0.6) is 0 Å². The van der Waals surface area contributed by atoms with Crippen LogP contribution in [0.3, 0.4) is 0 Å². The molecule has 1 spiro atoms. The third-order valence-electron chi connectivity index (χ3n) is 5.44. The van der Waals surface area contributed by atoms with Gasteiger partial charge in [0.05, 0.1) is 0 Å². The Bertz CT molecular complexity index is 538. The van der Waals surface area contributed by atoms with E-state index in [4.69, 9.17) is 0 Å². The summed E-state index contributed by atoms with van der Waals surface area (Å²) in [6, 6.07) is 5.85. The van der Waals surface area contributed by atoms with Crippen LogP contribution in [-0.2, 0) is 0 Å². The van der Waals surface area contributed by atoms with Gasteiger partial charge in [0.1, 0.15) is 5.82 Å². The minimum absolute atomic E-state index is 0.109. The van der Waals surface area contributed by atoms with Crippen LogP contribution < -0.4 is 5.32 Å². The molecule has 0 aliphatic carbocycles. The highest BCUT2D eigenvalue weighted by molar-refractivity contribution is 5.95. The monoisotopic (exact) mass is 319 g/mol. The lowest BCUT2D eigenvalue weighted by Crippen LogP contribution is -2.52. The van der Waals surface area contributed by atoms with Crippen molar-refractivity contribution in [3.8, 4) is 0 Å². The lowest BCUT2D eigenvalue weighted by molar-refractivity contribution is 0.0769. The van der Waals surface area contributed by atoms with E-state index in [0.29, 0.717) is 17.5 Å². The van der Waals surface area contributed by atoms with Crippen LogP contribution in [-0.4, -0.2) is 61.0 Å². The van der Waals surface area contributed by atoms with Gasteiger partial charge >= 0.3 is 0 Å². The second kappa shape index (κ2) is 7.07. The Morgan fingerprint density at radius 1 is 1.26 bits per heavy atom. The van der Waals surface area contributed by atoms with Gasteiger partial charge in [-0.05, 0) is 70.2 Å². The first-order valence-corrected chi connectivity index (χ1v) is 8.52. The summed E-state index contributed by atoms with van der Waals surface area (Å²) in [6.45, 7) is 5.28. The summed E-state index contributed by atoms with van der Waals surface area (Å²) in [4.78, 5) is 17.0. The van der Waals surface area contributed by atoms with Crippen molar-refractivity contribution in [1.29, 1.82) is 0 Å². The number of carbonyl (C=O) groups is 1. The number of hydrogen-bond donors (Lipinski definition) is 1. The molecular weight excluding hydrogens is 293 g/mol. The molecule has 23 heavy (non-hydrogen) atoms. The molecule has 126 valence electrons. The highest BCUT2D eigenvalue weighted by Crippen LogP contribution is 2.30. The fourth-order valence-corrected chi connectivity index (χ4v) is 3.75. The van der Waals surface area contributed by atoms with Crippen molar-refractivity contribution in [2.24, 2.45) is 0 Å². The Kier molecular flexibility index (Phi) is 5.09. The molecule has 0 saturated carbocycles. The Hall–Kier alpha value is -1.30. The summed E-state index contributed by atoms with van der Waals surface area (Å²) >= 11 is 0. The zero-order valence-corrected chi connectivity index (χ0v) is 13.9. The van der Waals surface area contributed by atoms with Gasteiger partial charge in [0.15, 0.2) is 5.78 Å². The lowest BCUT2D eigenvalue weighted by atomic mass is 9.87. The average molecular weight is 319 g/mol. The molecule has 2 heterocycles. The number of rotatable bonds is 5. The number of benzene rings is 1. The van der Waals surface area contributed by atoms with E-state index in [2.05, 4.69) is 22.2 Å². The second-order valence-corrected chi connectivity index (χ2v) is 6.88. The maximum Gasteiger partial charge on any atom is 0.162 e. The Morgan fingerprint density at radius 3 is 2.57 bits per heavy atom. The minimum Gasteiger partial charge on any atom is -0.303 e. The van der Waals surface area contributed by atoms with E-state index >= 15 is 0 Å². The second-order valence-electron chi connectivity index (χ2n) is 6.88. The number of hydrogen-bond acceptors (Lipinski definition) is 4. The van der Waals surface area contributed by atoms with Crippen LogP contribution >= 0.6 is 0 Å². The summed E-state index contributed by atoms with van der Waals surface area (Å²) < 4.78 is 12.9. The molecule has 1 aromatic carbocycles. The van der Waals surface area contributed by atoms with E-state index in [-0.39, 0.29) is 11.6 Å². The Morgan fingerprint density at radius 2 is 1.96 bits per heavy atom. The summed E-state index contributed by atoms with van der Waals surface area (Å²) in [7, 11) is 2.21. The van der Waals surface area contributed by atoms with Gasteiger partial charge in [-0.25, -0.2) is 4.39 Å². The molecule has 2 aliphatic rings. The number of likely N-dealkylation sites (tertiary alicyclic amines) is 1. The third-order valence-corrected chi connectivity index (χ3v) is 5.44. The molecule has 2 saturated heterocycles. The van der Waals surface area contributed by atoms with Gasteiger partial charge < -0.3 is 10.2 Å². The first-order valence-electron chi connectivity index (χ1n) is 8.52. The molecule has 5 heteroatoms. The smallest absolute Gasteiger partial charge is 0.162 e. The maximum absolute atomic E-state index is 12.9. The van der Waals surface area contributed by atoms with Crippen LogP contribution in [0.4, 0.5) is 4.39 Å². The fraction of sp³-hybridized carbons (Fsp3) is 0.611. The average Bonchev–Trinajstić information content (AvgIpc) is 2.90. The molecule has 0 unspecified atom stereocenters. The molecule has 4 nitrogen and oxygen atoms in total. The molecular formula is C18H26FN3O. The number of halogens is 1. The zero-order chi connectivity index (χ0) is 16.3. The summed E-state index contributed by atoms with van der Waals surface area (Å²) in [5.41, 5.74) is 0.961. The van der Waals surface area contributed by atoms with Crippen LogP contribution in [0.2, 0.25) is 0 Å². The highest BCUT2D eigenvalue weighted by Gasteiger charge is 2.40. The van der Waals surface area contributed by atoms with E-state index in [0.717, 1.165) is 39.3 Å². The van der Waals surface area contributed by atoms with Crippen LogP contribution in [0, 0.1) is 5.82 Å². The van der Waals surface area contributed by atoms with Crippen molar-refractivity contribution in [3.63, 3.8) is 0 Å². The van der Waals surface area contributed by atoms with E-state index in [1.54, 1.807) is 12.1 Å². The molecule has 0 amide bonds. The molecule has 0 atom stereocenters. The van der Waals surface area contributed by atoms with Crippen LogP contribution in [0.25, 0.3) is 0 Å². The van der Waals surface area contributed by atoms with Gasteiger partial charge in [-0.15, -0.1) is 0 Å². The van der Waals surface area contributed by atoms with E-state index in [1.807, 2.05) is 0 Å². The van der Waals surface area contributed by atoms with Gasteiger partial charge in [-0.1, -0.05) is 0 Å². The topological polar surface area (TPSA) is 35.6 Å². The van der Waals surface area contributed by atoms with Crippen molar-refractivity contribution in [3.05, 3.63) is 35.6 Å². The zero-order valence-electron chi connectivity index (χ0n) is 13.9. The minimum atomic E-state index is -0.296. The number of carbonyl (C=O) groups excluding carboxylic acids is 1. The molecule has 0 aromatic heterocycles. The van der Waals surface area contributed by atoms with E-state index < -0.39 is 0 Å². The number of nitrogens with one attached hydrogen (secondary N) is 1.